The SMILES string of the molecule is C=CC(=O)OCCCCOc1ccc(-c2ccc(C(=O)Oc3ccc(C#N)cc3OC(=O)c3ccc(-c4ccc(OCCCCOC(=O)C=C)cc4)nc3)cn2)cc1. The molecular formula is C45H39N3O10. The van der Waals surface area contributed by atoms with Crippen LogP contribution in [0.3, 0.4) is 0 Å². The van der Waals surface area contributed by atoms with Crippen LogP contribution in [0.4, 0.5) is 0 Å². The summed E-state index contributed by atoms with van der Waals surface area (Å²) < 4.78 is 32.6. The normalized spacial score (nSPS) is 10.3. The van der Waals surface area contributed by atoms with E-state index < -0.39 is 23.9 Å². The molecule has 0 amide bonds. The minimum Gasteiger partial charge on any atom is -0.494 e. The van der Waals surface area contributed by atoms with Gasteiger partial charge in [0.25, 0.3) is 0 Å². The van der Waals surface area contributed by atoms with Crippen molar-refractivity contribution in [2.75, 3.05) is 26.4 Å². The third kappa shape index (κ3) is 12.5. The molecule has 58 heavy (non-hydrogen) atoms. The smallest absolute Gasteiger partial charge is 0.345 e. The summed E-state index contributed by atoms with van der Waals surface area (Å²) in [6.07, 6.45) is 7.74. The van der Waals surface area contributed by atoms with Crippen molar-refractivity contribution in [3.63, 3.8) is 0 Å². The highest BCUT2D eigenvalue weighted by molar-refractivity contribution is 5.93. The highest BCUT2D eigenvalue weighted by atomic mass is 16.6. The van der Waals surface area contributed by atoms with Crippen LogP contribution in [0.5, 0.6) is 23.0 Å². The van der Waals surface area contributed by atoms with Gasteiger partial charge in [-0.1, -0.05) is 13.2 Å². The van der Waals surface area contributed by atoms with Gasteiger partial charge in [-0.2, -0.15) is 5.26 Å². The number of carbonyl (C=O) groups is 4. The molecule has 0 N–H and O–H groups in total. The molecule has 0 saturated carbocycles. The zero-order valence-electron chi connectivity index (χ0n) is 31.5. The Bertz CT molecular complexity index is 2250. The van der Waals surface area contributed by atoms with Gasteiger partial charge in [-0.3, -0.25) is 9.97 Å². The fourth-order valence-electron chi connectivity index (χ4n) is 5.13. The first-order valence-corrected chi connectivity index (χ1v) is 18.2. The quantitative estimate of drug-likeness (QED) is 0.0323. The number of rotatable bonds is 20. The first-order chi connectivity index (χ1) is 28.3. The molecule has 2 aromatic heterocycles. The van der Waals surface area contributed by atoms with E-state index in [0.717, 1.165) is 23.3 Å². The van der Waals surface area contributed by atoms with Crippen LogP contribution < -0.4 is 18.9 Å². The van der Waals surface area contributed by atoms with E-state index in [0.29, 0.717) is 75.0 Å². The summed E-state index contributed by atoms with van der Waals surface area (Å²) in [7, 11) is 0. The van der Waals surface area contributed by atoms with Crippen LogP contribution in [0.1, 0.15) is 52.0 Å². The lowest BCUT2D eigenvalue weighted by molar-refractivity contribution is -0.138. The van der Waals surface area contributed by atoms with Crippen molar-refractivity contribution >= 4 is 23.9 Å². The van der Waals surface area contributed by atoms with Crippen molar-refractivity contribution in [1.29, 1.82) is 5.26 Å². The summed E-state index contributed by atoms with van der Waals surface area (Å²) >= 11 is 0. The number of unbranched alkanes of at least 4 members (excludes halogenated alkanes) is 2. The van der Waals surface area contributed by atoms with E-state index >= 15 is 0 Å². The second-order valence-corrected chi connectivity index (χ2v) is 12.3. The first-order valence-electron chi connectivity index (χ1n) is 18.2. The van der Waals surface area contributed by atoms with Gasteiger partial charge in [0.1, 0.15) is 11.5 Å². The van der Waals surface area contributed by atoms with E-state index in [1.54, 1.807) is 24.3 Å². The summed E-state index contributed by atoms with van der Waals surface area (Å²) in [5.74, 6) is -1.29. The standard InChI is InChI=1S/C45H39N3O10/c1-3-42(49)55-25-7-5-23-53-36-16-10-32(11-17-36)38-20-14-34(29-47-38)44(51)57-40-22-9-31(28-46)27-41(40)58-45(52)35-15-21-39(48-30-35)33-12-18-37(19-13-33)54-24-6-8-26-56-43(50)4-2/h3-4,9-22,27,29-30H,1-2,5-8,23-26H2. The van der Waals surface area contributed by atoms with E-state index in [1.165, 1.54) is 30.6 Å². The predicted octanol–water partition coefficient (Wildman–Crippen LogP) is 7.90. The van der Waals surface area contributed by atoms with Gasteiger partial charge in [-0.15, -0.1) is 0 Å². The minimum absolute atomic E-state index is 0.0715. The Kier molecular flexibility index (Phi) is 15.4. The molecule has 0 aliphatic heterocycles. The van der Waals surface area contributed by atoms with Gasteiger partial charge >= 0.3 is 23.9 Å². The second kappa shape index (κ2) is 21.5. The van der Waals surface area contributed by atoms with Gasteiger partial charge in [0, 0.05) is 41.7 Å². The average molecular weight is 782 g/mol. The van der Waals surface area contributed by atoms with Crippen LogP contribution in [0.15, 0.2) is 129 Å². The van der Waals surface area contributed by atoms with Gasteiger partial charge < -0.3 is 28.4 Å². The van der Waals surface area contributed by atoms with E-state index in [4.69, 9.17) is 28.4 Å². The maximum Gasteiger partial charge on any atom is 0.345 e. The number of aromatic nitrogens is 2. The molecule has 3 aromatic carbocycles. The van der Waals surface area contributed by atoms with Gasteiger partial charge in [0.2, 0.25) is 0 Å². The van der Waals surface area contributed by atoms with Crippen molar-refractivity contribution in [3.8, 4) is 51.6 Å². The summed E-state index contributed by atoms with van der Waals surface area (Å²) in [4.78, 5) is 57.3. The number of benzene rings is 3. The van der Waals surface area contributed by atoms with E-state index in [-0.39, 0.29) is 28.2 Å². The number of ether oxygens (including phenoxy) is 6. The number of nitriles is 1. The molecule has 0 atom stereocenters. The van der Waals surface area contributed by atoms with Gasteiger partial charge in [0.05, 0.1) is 60.6 Å². The van der Waals surface area contributed by atoms with Crippen LogP contribution in [-0.2, 0) is 19.1 Å². The molecule has 0 fully saturated rings. The van der Waals surface area contributed by atoms with Crippen LogP contribution >= 0.6 is 0 Å². The largest absolute Gasteiger partial charge is 0.494 e. The summed E-state index contributed by atoms with van der Waals surface area (Å²) in [6.45, 7) is 8.24. The Hall–Kier alpha value is -7.59. The molecule has 0 aliphatic carbocycles. The zero-order valence-corrected chi connectivity index (χ0v) is 31.5. The molecule has 0 radical (unpaired) electrons. The van der Waals surface area contributed by atoms with Gasteiger partial charge in [-0.05, 0) is 111 Å². The number of carbonyl (C=O) groups excluding carboxylic acids is 4. The molecule has 0 unspecified atom stereocenters. The number of hydrogen-bond donors (Lipinski definition) is 0. The maximum absolute atomic E-state index is 13.2. The fraction of sp³-hybridized carbons (Fsp3) is 0.178. The first kappa shape index (κ1) is 41.6. The lowest BCUT2D eigenvalue weighted by Gasteiger charge is -2.11. The Morgan fingerprint density at radius 3 is 1.43 bits per heavy atom. The Morgan fingerprint density at radius 2 is 1.02 bits per heavy atom. The monoisotopic (exact) mass is 781 g/mol. The number of pyridine rings is 2. The number of hydrogen-bond acceptors (Lipinski definition) is 13. The molecule has 0 bridgehead atoms. The van der Waals surface area contributed by atoms with Crippen molar-refractivity contribution in [3.05, 3.63) is 145 Å². The van der Waals surface area contributed by atoms with Crippen LogP contribution in [-0.4, -0.2) is 60.3 Å². The highest BCUT2D eigenvalue weighted by Gasteiger charge is 2.18. The fourth-order valence-corrected chi connectivity index (χ4v) is 5.13. The van der Waals surface area contributed by atoms with Gasteiger partial charge in [0.15, 0.2) is 11.5 Å². The molecule has 0 spiro atoms. The summed E-state index contributed by atoms with van der Waals surface area (Å²) in [5.41, 5.74) is 3.27. The number of nitrogens with zero attached hydrogens (tertiary/aromatic N) is 3. The Labute approximate surface area is 335 Å². The summed E-state index contributed by atoms with van der Waals surface area (Å²) in [5, 5.41) is 9.48. The lowest BCUT2D eigenvalue weighted by Crippen LogP contribution is -2.13. The van der Waals surface area contributed by atoms with E-state index in [1.807, 2.05) is 54.6 Å². The third-order valence-electron chi connectivity index (χ3n) is 8.21. The van der Waals surface area contributed by atoms with Crippen molar-refractivity contribution in [1.82, 2.24) is 9.97 Å². The van der Waals surface area contributed by atoms with E-state index in [9.17, 15) is 24.4 Å². The molecule has 5 rings (SSSR count). The third-order valence-corrected chi connectivity index (χ3v) is 8.21. The maximum atomic E-state index is 13.2. The van der Waals surface area contributed by atoms with Crippen molar-refractivity contribution in [2.45, 2.75) is 25.7 Å². The molecule has 2 heterocycles. The average Bonchev–Trinajstić information content (AvgIpc) is 3.26. The molecule has 0 aliphatic rings. The molecule has 5 aromatic rings. The predicted molar refractivity (Wildman–Crippen MR) is 212 cm³/mol. The molecule has 294 valence electrons. The Morgan fingerprint density at radius 1 is 0.569 bits per heavy atom. The van der Waals surface area contributed by atoms with Crippen molar-refractivity contribution in [2.24, 2.45) is 0 Å². The van der Waals surface area contributed by atoms with E-state index in [2.05, 4.69) is 23.1 Å². The van der Waals surface area contributed by atoms with Crippen LogP contribution in [0, 0.1) is 11.3 Å². The highest BCUT2D eigenvalue weighted by Crippen LogP contribution is 2.31. The molecular weight excluding hydrogens is 743 g/mol. The molecule has 0 saturated heterocycles. The Balaban J connectivity index is 1.13. The van der Waals surface area contributed by atoms with Crippen molar-refractivity contribution < 1.29 is 47.6 Å². The topological polar surface area (TPSA) is 173 Å². The summed E-state index contributed by atoms with van der Waals surface area (Å²) in [6, 6.07) is 27.2. The zero-order chi connectivity index (χ0) is 41.1. The lowest BCUT2D eigenvalue weighted by atomic mass is 10.1. The second-order valence-electron chi connectivity index (χ2n) is 12.3. The molecule has 13 heteroatoms. The van der Waals surface area contributed by atoms with Crippen LogP contribution in [0.25, 0.3) is 22.5 Å². The van der Waals surface area contributed by atoms with Crippen LogP contribution in [0.2, 0.25) is 0 Å². The van der Waals surface area contributed by atoms with Gasteiger partial charge in [-0.25, -0.2) is 19.2 Å². The molecule has 13 nitrogen and oxygen atoms in total. The minimum atomic E-state index is -0.775. The number of esters is 4.